The molecule has 1 fully saturated rings. The summed E-state index contributed by atoms with van der Waals surface area (Å²) in [5, 5.41) is 10.5. The van der Waals surface area contributed by atoms with Crippen LogP contribution in [0.5, 0.6) is 0 Å². The van der Waals surface area contributed by atoms with Crippen LogP contribution in [0.3, 0.4) is 0 Å². The van der Waals surface area contributed by atoms with E-state index in [0.29, 0.717) is 11.4 Å². The van der Waals surface area contributed by atoms with E-state index in [1.807, 2.05) is 36.4 Å². The molecule has 0 amide bonds. The zero-order valence-corrected chi connectivity index (χ0v) is 17.4. The average molecular weight is 446 g/mol. The lowest BCUT2D eigenvalue weighted by atomic mass is 9.99. The fourth-order valence-electron chi connectivity index (χ4n) is 4.44. The van der Waals surface area contributed by atoms with Crippen LogP contribution in [0.1, 0.15) is 17.0 Å². The standard InChI is InChI=1S/C21H16ClNO4S2/c22-14-7-5-12(6-8-14)17-9-10-18(28-17)29(26,27)23-21(20(24)25)16-11-13-3-1-2-4-15(13)19(16)21/h1-10,16,19,23H,11H2,(H,24,25)/t16-,19+,21+/m0/s1. The van der Waals surface area contributed by atoms with Crippen molar-refractivity contribution in [2.75, 3.05) is 0 Å². The molecule has 1 heterocycles. The number of benzene rings is 2. The first-order valence-corrected chi connectivity index (χ1v) is 11.7. The molecule has 29 heavy (non-hydrogen) atoms. The predicted octanol–water partition coefficient (Wildman–Crippen LogP) is 4.14. The number of hydrogen-bond donors (Lipinski definition) is 2. The fraction of sp³-hybridized carbons (Fsp3) is 0.190. The topological polar surface area (TPSA) is 83.5 Å². The number of fused-ring (bicyclic) bond motifs is 3. The first kappa shape index (κ1) is 18.8. The molecule has 148 valence electrons. The van der Waals surface area contributed by atoms with Crippen molar-refractivity contribution in [1.29, 1.82) is 0 Å². The molecule has 2 aromatic carbocycles. The molecule has 2 aliphatic carbocycles. The van der Waals surface area contributed by atoms with Crippen molar-refractivity contribution in [2.24, 2.45) is 5.92 Å². The number of halogens is 1. The summed E-state index contributed by atoms with van der Waals surface area (Å²) in [6, 6.07) is 18.0. The summed E-state index contributed by atoms with van der Waals surface area (Å²) >= 11 is 7.02. The van der Waals surface area contributed by atoms with Crippen molar-refractivity contribution in [1.82, 2.24) is 4.72 Å². The Morgan fingerprint density at radius 3 is 2.55 bits per heavy atom. The van der Waals surface area contributed by atoms with E-state index in [4.69, 9.17) is 11.6 Å². The van der Waals surface area contributed by atoms with Crippen LogP contribution in [0.25, 0.3) is 10.4 Å². The van der Waals surface area contributed by atoms with Crippen LogP contribution in [0.15, 0.2) is 64.9 Å². The number of sulfonamides is 1. The lowest BCUT2D eigenvalue weighted by Gasteiger charge is -2.19. The monoisotopic (exact) mass is 445 g/mol. The normalized spacial score (nSPS) is 24.7. The predicted molar refractivity (Wildman–Crippen MR) is 112 cm³/mol. The maximum atomic E-state index is 13.0. The molecule has 5 nitrogen and oxygen atoms in total. The molecule has 2 aliphatic rings. The van der Waals surface area contributed by atoms with Gasteiger partial charge in [-0.2, -0.15) is 4.72 Å². The molecule has 1 saturated carbocycles. The highest BCUT2D eigenvalue weighted by atomic mass is 35.5. The Balaban J connectivity index is 1.46. The van der Waals surface area contributed by atoms with Gasteiger partial charge in [-0.1, -0.05) is 48.0 Å². The Morgan fingerprint density at radius 2 is 1.83 bits per heavy atom. The van der Waals surface area contributed by atoms with Crippen LogP contribution in [0.4, 0.5) is 0 Å². The Morgan fingerprint density at radius 1 is 1.10 bits per heavy atom. The molecule has 0 bridgehead atoms. The highest BCUT2D eigenvalue weighted by molar-refractivity contribution is 7.91. The number of aliphatic carboxylic acids is 1. The summed E-state index contributed by atoms with van der Waals surface area (Å²) in [5.74, 6) is -1.72. The maximum Gasteiger partial charge on any atom is 0.325 e. The first-order chi connectivity index (χ1) is 13.8. The third-order valence-electron chi connectivity index (χ3n) is 5.83. The number of carboxylic acids is 1. The molecule has 5 rings (SSSR count). The van der Waals surface area contributed by atoms with Gasteiger partial charge in [-0.05, 0) is 47.4 Å². The van der Waals surface area contributed by atoms with Gasteiger partial charge in [-0.3, -0.25) is 4.79 Å². The fourth-order valence-corrected chi connectivity index (χ4v) is 7.30. The molecule has 2 N–H and O–H groups in total. The molecular formula is C21H16ClNO4S2. The summed E-state index contributed by atoms with van der Waals surface area (Å²) in [5.41, 5.74) is 1.40. The van der Waals surface area contributed by atoms with E-state index in [1.165, 1.54) is 6.07 Å². The van der Waals surface area contributed by atoms with Crippen molar-refractivity contribution in [2.45, 2.75) is 22.1 Å². The molecular weight excluding hydrogens is 430 g/mol. The van der Waals surface area contributed by atoms with Crippen LogP contribution in [-0.4, -0.2) is 25.0 Å². The van der Waals surface area contributed by atoms with E-state index in [-0.39, 0.29) is 16.0 Å². The van der Waals surface area contributed by atoms with Crippen molar-refractivity contribution in [3.8, 4) is 10.4 Å². The van der Waals surface area contributed by atoms with Gasteiger partial charge in [-0.15, -0.1) is 11.3 Å². The molecule has 0 aliphatic heterocycles. The van der Waals surface area contributed by atoms with Gasteiger partial charge in [0.1, 0.15) is 9.75 Å². The second kappa shape index (κ2) is 6.40. The van der Waals surface area contributed by atoms with Gasteiger partial charge in [0.15, 0.2) is 0 Å². The SMILES string of the molecule is O=C(O)[C@]1(NS(=O)(=O)c2ccc(-c3ccc(Cl)cc3)s2)[C@@H]2c3ccccc3C[C@@H]21. The molecule has 0 radical (unpaired) electrons. The average Bonchev–Trinajstić information content (AvgIpc) is 3.07. The quantitative estimate of drug-likeness (QED) is 0.618. The second-order valence-corrected chi connectivity index (χ2v) is 10.8. The lowest BCUT2D eigenvalue weighted by molar-refractivity contribution is -0.140. The number of nitrogens with one attached hydrogen (secondary N) is 1. The highest BCUT2D eigenvalue weighted by Crippen LogP contribution is 2.64. The molecule has 3 aromatic rings. The van der Waals surface area contributed by atoms with Crippen LogP contribution in [0, 0.1) is 5.92 Å². The number of carbonyl (C=O) groups is 1. The van der Waals surface area contributed by atoms with E-state index in [1.54, 1.807) is 18.2 Å². The van der Waals surface area contributed by atoms with Crippen molar-refractivity contribution in [3.05, 3.63) is 76.8 Å². The molecule has 8 heteroatoms. The minimum absolute atomic E-state index is 0.0985. The van der Waals surface area contributed by atoms with E-state index >= 15 is 0 Å². The number of carboxylic acid groups (broad SMARTS) is 1. The Bertz CT molecular complexity index is 1240. The summed E-state index contributed by atoms with van der Waals surface area (Å²) in [4.78, 5) is 12.9. The summed E-state index contributed by atoms with van der Waals surface area (Å²) in [6.45, 7) is 0. The van der Waals surface area contributed by atoms with E-state index in [2.05, 4.69) is 4.72 Å². The molecule has 3 atom stereocenters. The Labute approximate surface area is 177 Å². The van der Waals surface area contributed by atoms with Gasteiger partial charge in [-0.25, -0.2) is 8.42 Å². The summed E-state index contributed by atoms with van der Waals surface area (Å²) in [6.07, 6.45) is 0.566. The summed E-state index contributed by atoms with van der Waals surface area (Å²) < 4.78 is 28.7. The largest absolute Gasteiger partial charge is 0.480 e. The smallest absolute Gasteiger partial charge is 0.325 e. The Kier molecular flexibility index (Phi) is 4.15. The lowest BCUT2D eigenvalue weighted by Crippen LogP contribution is -2.46. The molecule has 0 unspecified atom stereocenters. The third kappa shape index (κ3) is 2.84. The van der Waals surface area contributed by atoms with Gasteiger partial charge in [0, 0.05) is 21.7 Å². The van der Waals surface area contributed by atoms with Crippen LogP contribution in [-0.2, 0) is 21.2 Å². The van der Waals surface area contributed by atoms with Gasteiger partial charge >= 0.3 is 5.97 Å². The maximum absolute atomic E-state index is 13.0. The van der Waals surface area contributed by atoms with E-state index in [0.717, 1.165) is 32.9 Å². The number of thiophene rings is 1. The van der Waals surface area contributed by atoms with Crippen molar-refractivity contribution >= 4 is 38.9 Å². The first-order valence-electron chi connectivity index (χ1n) is 9.04. The van der Waals surface area contributed by atoms with Crippen LogP contribution in [0.2, 0.25) is 5.02 Å². The van der Waals surface area contributed by atoms with Gasteiger partial charge in [0.2, 0.25) is 0 Å². The minimum atomic E-state index is -3.98. The van der Waals surface area contributed by atoms with E-state index < -0.39 is 21.5 Å². The third-order valence-corrected chi connectivity index (χ3v) is 9.19. The highest BCUT2D eigenvalue weighted by Gasteiger charge is 2.74. The summed E-state index contributed by atoms with van der Waals surface area (Å²) in [7, 11) is -3.98. The van der Waals surface area contributed by atoms with Crippen LogP contribution < -0.4 is 4.72 Å². The van der Waals surface area contributed by atoms with Crippen molar-refractivity contribution < 1.29 is 18.3 Å². The Hall–Kier alpha value is -2.19. The number of rotatable bonds is 5. The molecule has 0 saturated heterocycles. The molecule has 0 spiro atoms. The van der Waals surface area contributed by atoms with Crippen LogP contribution >= 0.6 is 22.9 Å². The van der Waals surface area contributed by atoms with E-state index in [9.17, 15) is 18.3 Å². The van der Waals surface area contributed by atoms with Gasteiger partial charge in [0.05, 0.1) is 0 Å². The zero-order chi connectivity index (χ0) is 20.4. The number of hydrogen-bond acceptors (Lipinski definition) is 4. The second-order valence-electron chi connectivity index (χ2n) is 7.39. The molecule has 1 aromatic heterocycles. The van der Waals surface area contributed by atoms with Gasteiger partial charge < -0.3 is 5.11 Å². The van der Waals surface area contributed by atoms with Crippen molar-refractivity contribution in [3.63, 3.8) is 0 Å². The van der Waals surface area contributed by atoms with Gasteiger partial charge in [0.25, 0.3) is 10.0 Å². The zero-order valence-electron chi connectivity index (χ0n) is 15.0. The minimum Gasteiger partial charge on any atom is -0.480 e.